The Bertz CT molecular complexity index is 1060. The fourth-order valence-electron chi connectivity index (χ4n) is 4.25. The van der Waals surface area contributed by atoms with Crippen molar-refractivity contribution in [2.24, 2.45) is 0 Å². The molecular weight excluding hydrogens is 417 g/mol. The molecule has 0 bridgehead atoms. The van der Waals surface area contributed by atoms with E-state index >= 15 is 0 Å². The Hall–Kier alpha value is -2.27. The molecule has 0 aromatic heterocycles. The molecule has 2 N–H and O–H groups in total. The van der Waals surface area contributed by atoms with Gasteiger partial charge in [0.25, 0.3) is 0 Å². The molecule has 0 atom stereocenters. The monoisotopic (exact) mass is 442 g/mol. The maximum absolute atomic E-state index is 12.6. The number of quaternary nitrogens is 1. The average molecular weight is 443 g/mol. The number of piperidine rings is 1. The van der Waals surface area contributed by atoms with Crippen molar-refractivity contribution in [1.29, 1.82) is 0 Å². The first-order valence-electron chi connectivity index (χ1n) is 10.2. The number of anilines is 1. The van der Waals surface area contributed by atoms with Gasteiger partial charge in [-0.3, -0.25) is 0 Å². The lowest BCUT2D eigenvalue weighted by atomic mass is 10.0. The van der Waals surface area contributed by atoms with E-state index in [0.717, 1.165) is 53.4 Å². The molecule has 6 heteroatoms. The summed E-state index contributed by atoms with van der Waals surface area (Å²) in [5.74, 6) is 0. The molecule has 0 radical (unpaired) electrons. The molecule has 1 aliphatic heterocycles. The Kier molecular flexibility index (Phi) is 6.19. The predicted molar refractivity (Wildman–Crippen MR) is 125 cm³/mol. The average Bonchev–Trinajstić information content (AvgIpc) is 2.73. The van der Waals surface area contributed by atoms with Crippen molar-refractivity contribution in [3.63, 3.8) is 0 Å². The summed E-state index contributed by atoms with van der Waals surface area (Å²) < 4.78 is 0.932. The van der Waals surface area contributed by atoms with E-state index in [2.05, 4.69) is 17.7 Å². The number of carbonyl (C=O) groups excluding carboxylic acids is 1. The van der Waals surface area contributed by atoms with Crippen LogP contribution in [-0.2, 0) is 6.54 Å². The van der Waals surface area contributed by atoms with Gasteiger partial charge in [-0.2, -0.15) is 0 Å². The molecule has 30 heavy (non-hydrogen) atoms. The smallest absolute Gasteiger partial charge is 0.319 e. The summed E-state index contributed by atoms with van der Waals surface area (Å²) in [5.41, 5.74) is 2.02. The van der Waals surface area contributed by atoms with E-state index in [1.807, 2.05) is 60.7 Å². The van der Waals surface area contributed by atoms with E-state index in [4.69, 9.17) is 23.2 Å². The second kappa shape index (κ2) is 8.84. The summed E-state index contributed by atoms with van der Waals surface area (Å²) in [5, 5.41) is 9.52. The van der Waals surface area contributed by atoms with Crippen LogP contribution in [0.5, 0.6) is 0 Å². The van der Waals surface area contributed by atoms with Crippen LogP contribution in [0.15, 0.2) is 60.7 Å². The fourth-order valence-corrected chi connectivity index (χ4v) is 4.57. The Morgan fingerprint density at radius 3 is 2.50 bits per heavy atom. The first-order chi connectivity index (χ1) is 14.4. The van der Waals surface area contributed by atoms with E-state index in [-0.39, 0.29) is 12.1 Å². The minimum Gasteiger partial charge on any atom is -0.335 e. The number of halogens is 2. The third-order valence-corrected chi connectivity index (χ3v) is 6.70. The molecule has 1 fully saturated rings. The van der Waals surface area contributed by atoms with Crippen molar-refractivity contribution in [1.82, 2.24) is 5.32 Å². The second-order valence-electron chi connectivity index (χ2n) is 8.37. The van der Waals surface area contributed by atoms with E-state index in [1.54, 1.807) is 0 Å². The predicted octanol–water partition coefficient (Wildman–Crippen LogP) is 6.08. The number of benzene rings is 3. The lowest BCUT2D eigenvalue weighted by Crippen LogP contribution is -2.54. The van der Waals surface area contributed by atoms with Crippen LogP contribution in [-0.4, -0.2) is 36.7 Å². The molecule has 4 nitrogen and oxygen atoms in total. The van der Waals surface area contributed by atoms with Crippen LogP contribution in [0.1, 0.15) is 18.4 Å². The number of hydrogen-bond acceptors (Lipinski definition) is 1. The molecule has 0 aliphatic carbocycles. The second-order valence-corrected chi connectivity index (χ2v) is 9.19. The van der Waals surface area contributed by atoms with Crippen LogP contribution >= 0.6 is 23.2 Å². The zero-order valence-electron chi connectivity index (χ0n) is 17.0. The zero-order valence-corrected chi connectivity index (χ0v) is 18.5. The molecule has 1 heterocycles. The summed E-state index contributed by atoms with van der Waals surface area (Å²) in [4.78, 5) is 12.6. The summed E-state index contributed by atoms with van der Waals surface area (Å²) in [6, 6.07) is 19.9. The highest BCUT2D eigenvalue weighted by molar-refractivity contribution is 6.42. The SMILES string of the molecule is C[N+]1(Cc2ccc(Cl)c(Cl)c2)CCC(NC(=O)Nc2cccc3ccccc23)CC1. The summed E-state index contributed by atoms with van der Waals surface area (Å²) in [6.45, 7) is 2.91. The topological polar surface area (TPSA) is 41.1 Å². The van der Waals surface area contributed by atoms with Crippen LogP contribution in [0.2, 0.25) is 10.0 Å². The number of urea groups is 1. The van der Waals surface area contributed by atoms with Gasteiger partial charge in [0, 0.05) is 29.8 Å². The summed E-state index contributed by atoms with van der Waals surface area (Å²) in [7, 11) is 2.26. The molecule has 3 aromatic carbocycles. The van der Waals surface area contributed by atoms with Gasteiger partial charge in [-0.1, -0.05) is 65.7 Å². The van der Waals surface area contributed by atoms with Crippen LogP contribution in [0, 0.1) is 0 Å². The van der Waals surface area contributed by atoms with Crippen molar-refractivity contribution >= 4 is 45.7 Å². The van der Waals surface area contributed by atoms with E-state index in [0.29, 0.717) is 10.0 Å². The molecule has 4 rings (SSSR count). The molecule has 0 saturated carbocycles. The standard InChI is InChI=1S/C24H25Cl2N3O/c1-29(16-17-9-10-21(25)22(26)15-17)13-11-19(12-14-29)27-24(30)28-23-8-4-6-18-5-2-3-7-20(18)23/h2-10,15,19H,11-14,16H2,1H3,(H-,27,28,30)/p+1. The number of carbonyl (C=O) groups is 1. The van der Waals surface area contributed by atoms with Gasteiger partial charge in [-0.15, -0.1) is 0 Å². The highest BCUT2D eigenvalue weighted by Crippen LogP contribution is 2.27. The highest BCUT2D eigenvalue weighted by Gasteiger charge is 2.31. The molecule has 0 spiro atoms. The summed E-state index contributed by atoms with van der Waals surface area (Å²) >= 11 is 12.2. The number of fused-ring (bicyclic) bond motifs is 1. The Morgan fingerprint density at radius 1 is 1.00 bits per heavy atom. The number of amides is 2. The molecule has 0 unspecified atom stereocenters. The van der Waals surface area contributed by atoms with Gasteiger partial charge in [0.1, 0.15) is 6.54 Å². The van der Waals surface area contributed by atoms with Gasteiger partial charge in [-0.25, -0.2) is 4.79 Å². The minimum absolute atomic E-state index is 0.142. The first-order valence-corrected chi connectivity index (χ1v) is 11.0. The Morgan fingerprint density at radius 2 is 1.73 bits per heavy atom. The third kappa shape index (κ3) is 4.89. The molecule has 1 aliphatic rings. The maximum atomic E-state index is 12.6. The van der Waals surface area contributed by atoms with Gasteiger partial charge < -0.3 is 15.1 Å². The third-order valence-electron chi connectivity index (χ3n) is 5.96. The number of nitrogens with one attached hydrogen (secondary N) is 2. The van der Waals surface area contributed by atoms with Gasteiger partial charge >= 0.3 is 6.03 Å². The van der Waals surface area contributed by atoms with Gasteiger partial charge in [0.15, 0.2) is 0 Å². The molecule has 156 valence electrons. The number of nitrogens with zero attached hydrogens (tertiary/aromatic N) is 1. The van der Waals surface area contributed by atoms with E-state index < -0.39 is 0 Å². The Labute approximate surface area is 187 Å². The van der Waals surface area contributed by atoms with Crippen molar-refractivity contribution in [2.75, 3.05) is 25.5 Å². The fraction of sp³-hybridized carbons (Fsp3) is 0.292. The van der Waals surface area contributed by atoms with E-state index in [1.165, 1.54) is 5.56 Å². The summed E-state index contributed by atoms with van der Waals surface area (Å²) in [6.07, 6.45) is 1.89. The minimum atomic E-state index is -0.142. The van der Waals surface area contributed by atoms with Crippen molar-refractivity contribution in [2.45, 2.75) is 25.4 Å². The van der Waals surface area contributed by atoms with E-state index in [9.17, 15) is 4.79 Å². The van der Waals surface area contributed by atoms with Crippen LogP contribution in [0.25, 0.3) is 10.8 Å². The Balaban J connectivity index is 1.32. The van der Waals surface area contributed by atoms with Crippen molar-refractivity contribution < 1.29 is 9.28 Å². The van der Waals surface area contributed by atoms with Crippen molar-refractivity contribution in [3.8, 4) is 0 Å². The number of likely N-dealkylation sites (tertiary alicyclic amines) is 1. The lowest BCUT2D eigenvalue weighted by molar-refractivity contribution is -0.927. The quantitative estimate of drug-likeness (QED) is 0.472. The molecule has 3 aromatic rings. The van der Waals surface area contributed by atoms with Gasteiger partial charge in [0.2, 0.25) is 0 Å². The van der Waals surface area contributed by atoms with Crippen LogP contribution in [0.3, 0.4) is 0 Å². The zero-order chi connectivity index (χ0) is 21.1. The van der Waals surface area contributed by atoms with Crippen LogP contribution < -0.4 is 10.6 Å². The molecular formula is C24H26Cl2N3O+. The van der Waals surface area contributed by atoms with Gasteiger partial charge in [-0.05, 0) is 23.6 Å². The molecule has 2 amide bonds. The van der Waals surface area contributed by atoms with Gasteiger partial charge in [0.05, 0.1) is 35.9 Å². The highest BCUT2D eigenvalue weighted by atomic mass is 35.5. The number of rotatable bonds is 4. The van der Waals surface area contributed by atoms with Crippen LogP contribution in [0.4, 0.5) is 10.5 Å². The normalized spacial score (nSPS) is 21.4. The largest absolute Gasteiger partial charge is 0.335 e. The van der Waals surface area contributed by atoms with Crippen molar-refractivity contribution in [3.05, 3.63) is 76.3 Å². The number of hydrogen-bond donors (Lipinski definition) is 2. The lowest BCUT2D eigenvalue weighted by Gasteiger charge is -2.40. The maximum Gasteiger partial charge on any atom is 0.319 e. The first kappa shape index (κ1) is 21.0. The molecule has 1 saturated heterocycles.